The van der Waals surface area contributed by atoms with Crippen molar-refractivity contribution in [1.29, 1.82) is 0 Å². The van der Waals surface area contributed by atoms with Gasteiger partial charge in [-0.05, 0) is 30.9 Å². The maximum Gasteiger partial charge on any atom is 0.272 e. The average molecular weight is 498 g/mol. The highest BCUT2D eigenvalue weighted by atomic mass is 16.3. The van der Waals surface area contributed by atoms with Gasteiger partial charge in [-0.3, -0.25) is 14.4 Å². The monoisotopic (exact) mass is 497 g/mol. The number of benzene rings is 1. The van der Waals surface area contributed by atoms with Crippen LogP contribution in [0, 0.1) is 11.8 Å². The standard InChI is InChI=1S/C27H39N5O4/c1-4-5-10-23(34)21(17-19-11-12-19)26(35)29-24-27(36)30(3)22-9-7-6-8-20(22)25(28-24)32-15-13-31(14-16-32)18(2)33/h6-9,19,21,23-24,34H,4-5,10-17H2,1-3H3,(H,29,35)/t21-,23+,24?/m1/s1. The second kappa shape index (κ2) is 11.4. The van der Waals surface area contributed by atoms with Crippen LogP contribution in [0.1, 0.15) is 57.9 Å². The number of amidine groups is 1. The van der Waals surface area contributed by atoms with Crippen molar-refractivity contribution in [2.75, 3.05) is 38.1 Å². The average Bonchev–Trinajstić information content (AvgIpc) is 3.72. The number of fused-ring (bicyclic) bond motifs is 1. The summed E-state index contributed by atoms with van der Waals surface area (Å²) in [5.41, 5.74) is 1.54. The van der Waals surface area contributed by atoms with E-state index < -0.39 is 18.2 Å². The van der Waals surface area contributed by atoms with Gasteiger partial charge in [-0.25, -0.2) is 4.99 Å². The van der Waals surface area contributed by atoms with Crippen molar-refractivity contribution < 1.29 is 19.5 Å². The number of amides is 3. The van der Waals surface area contributed by atoms with Crippen molar-refractivity contribution in [2.45, 2.75) is 64.6 Å². The van der Waals surface area contributed by atoms with Crippen molar-refractivity contribution in [3.8, 4) is 0 Å². The molecule has 2 aliphatic heterocycles. The summed E-state index contributed by atoms with van der Waals surface area (Å²) in [5.74, 6) is -0.0339. The second-order valence-corrected chi connectivity index (χ2v) is 10.3. The molecule has 2 heterocycles. The van der Waals surface area contributed by atoms with Crippen molar-refractivity contribution in [3.63, 3.8) is 0 Å². The lowest BCUT2D eigenvalue weighted by atomic mass is 9.91. The predicted octanol–water partition coefficient (Wildman–Crippen LogP) is 1.98. The summed E-state index contributed by atoms with van der Waals surface area (Å²) in [5, 5.41) is 13.7. The van der Waals surface area contributed by atoms with Crippen LogP contribution in [0.3, 0.4) is 0 Å². The summed E-state index contributed by atoms with van der Waals surface area (Å²) in [4.78, 5) is 49.0. The quantitative estimate of drug-likeness (QED) is 0.571. The van der Waals surface area contributed by atoms with Gasteiger partial charge in [0.15, 0.2) is 0 Å². The minimum Gasteiger partial charge on any atom is -0.392 e. The molecule has 1 aromatic carbocycles. The van der Waals surface area contributed by atoms with Gasteiger partial charge in [-0.2, -0.15) is 0 Å². The number of carbonyl (C=O) groups excluding carboxylic acids is 3. The van der Waals surface area contributed by atoms with E-state index in [2.05, 4.69) is 17.1 Å². The Kier molecular flexibility index (Phi) is 8.28. The van der Waals surface area contributed by atoms with E-state index in [4.69, 9.17) is 4.99 Å². The highest BCUT2D eigenvalue weighted by molar-refractivity contribution is 6.12. The molecule has 0 bridgehead atoms. The van der Waals surface area contributed by atoms with Crippen LogP contribution in [0.2, 0.25) is 0 Å². The van der Waals surface area contributed by atoms with Gasteiger partial charge in [-0.15, -0.1) is 0 Å². The molecule has 0 radical (unpaired) electrons. The number of rotatable bonds is 8. The normalized spacial score (nSPS) is 21.9. The first-order valence-corrected chi connectivity index (χ1v) is 13.2. The topological polar surface area (TPSA) is 106 Å². The lowest BCUT2D eigenvalue weighted by Gasteiger charge is -2.36. The fourth-order valence-electron chi connectivity index (χ4n) is 5.09. The molecule has 0 aromatic heterocycles. The van der Waals surface area contributed by atoms with Gasteiger partial charge < -0.3 is 25.1 Å². The molecule has 1 unspecified atom stereocenters. The number of nitrogens with zero attached hydrogens (tertiary/aromatic N) is 4. The first-order chi connectivity index (χ1) is 17.3. The van der Waals surface area contributed by atoms with Crippen molar-refractivity contribution >= 4 is 29.2 Å². The third-order valence-corrected chi connectivity index (χ3v) is 7.56. The van der Waals surface area contributed by atoms with E-state index >= 15 is 0 Å². The van der Waals surface area contributed by atoms with Crippen LogP contribution >= 0.6 is 0 Å². The predicted molar refractivity (Wildman–Crippen MR) is 139 cm³/mol. The number of hydrogen-bond acceptors (Lipinski definition) is 6. The number of nitrogens with one attached hydrogen (secondary N) is 1. The molecular formula is C27H39N5O4. The van der Waals surface area contributed by atoms with E-state index in [1.165, 1.54) is 0 Å². The molecule has 1 aromatic rings. The Morgan fingerprint density at radius 2 is 1.86 bits per heavy atom. The lowest BCUT2D eigenvalue weighted by Crippen LogP contribution is -2.52. The minimum absolute atomic E-state index is 0.0428. The van der Waals surface area contributed by atoms with Crippen molar-refractivity contribution in [1.82, 2.24) is 15.1 Å². The Labute approximate surface area is 213 Å². The fraction of sp³-hybridized carbons (Fsp3) is 0.630. The summed E-state index contributed by atoms with van der Waals surface area (Å²) in [6.07, 6.45) is 3.35. The van der Waals surface area contributed by atoms with Crippen LogP contribution in [0.25, 0.3) is 0 Å². The molecule has 0 spiro atoms. The van der Waals surface area contributed by atoms with Crippen LogP contribution in [-0.4, -0.2) is 84.0 Å². The SMILES string of the molecule is CCCC[C@H](O)[C@@H](CC1CC1)C(=O)NC1N=C(N2CCN(C(C)=O)CC2)c2ccccc2N(C)C1=O. The number of aliphatic hydroxyl groups is 1. The molecule has 36 heavy (non-hydrogen) atoms. The second-order valence-electron chi connectivity index (χ2n) is 10.3. The molecule has 9 nitrogen and oxygen atoms in total. The van der Waals surface area contributed by atoms with E-state index in [0.717, 1.165) is 36.9 Å². The minimum atomic E-state index is -1.09. The zero-order valence-electron chi connectivity index (χ0n) is 21.7. The number of aliphatic hydroxyl groups excluding tert-OH is 1. The summed E-state index contributed by atoms with van der Waals surface area (Å²) < 4.78 is 0. The third kappa shape index (κ3) is 5.88. The van der Waals surface area contributed by atoms with Gasteiger partial charge in [0.05, 0.1) is 17.7 Å². The Balaban J connectivity index is 1.60. The maximum atomic E-state index is 13.5. The van der Waals surface area contributed by atoms with Gasteiger partial charge >= 0.3 is 0 Å². The van der Waals surface area contributed by atoms with Crippen LogP contribution in [0.4, 0.5) is 5.69 Å². The smallest absolute Gasteiger partial charge is 0.272 e. The Morgan fingerprint density at radius 3 is 2.50 bits per heavy atom. The summed E-state index contributed by atoms with van der Waals surface area (Å²) >= 11 is 0. The van der Waals surface area contributed by atoms with Gasteiger partial charge in [0, 0.05) is 45.7 Å². The van der Waals surface area contributed by atoms with E-state index in [1.54, 1.807) is 23.8 Å². The van der Waals surface area contributed by atoms with Crippen molar-refractivity contribution in [3.05, 3.63) is 29.8 Å². The molecule has 1 saturated carbocycles. The Bertz CT molecular complexity index is 1000. The molecule has 4 rings (SSSR count). The van der Waals surface area contributed by atoms with E-state index in [1.807, 2.05) is 24.3 Å². The lowest BCUT2D eigenvalue weighted by molar-refractivity contribution is -0.133. The zero-order chi connectivity index (χ0) is 25.8. The highest BCUT2D eigenvalue weighted by Crippen LogP contribution is 2.37. The fourth-order valence-corrected chi connectivity index (χ4v) is 5.09. The van der Waals surface area contributed by atoms with E-state index in [0.29, 0.717) is 50.8 Å². The van der Waals surface area contributed by atoms with Crippen LogP contribution in [0.15, 0.2) is 29.3 Å². The Hall–Kier alpha value is -2.94. The molecule has 196 valence electrons. The molecule has 9 heteroatoms. The molecule has 2 fully saturated rings. The molecule has 3 amide bonds. The van der Waals surface area contributed by atoms with Gasteiger partial charge in [0.1, 0.15) is 5.84 Å². The van der Waals surface area contributed by atoms with E-state index in [-0.39, 0.29) is 17.7 Å². The number of hydrogen-bond donors (Lipinski definition) is 2. The van der Waals surface area contributed by atoms with E-state index in [9.17, 15) is 19.5 Å². The van der Waals surface area contributed by atoms with Crippen LogP contribution in [0.5, 0.6) is 0 Å². The first-order valence-electron chi connectivity index (χ1n) is 13.2. The molecule has 1 saturated heterocycles. The number of benzodiazepines with no additional fused rings is 1. The maximum absolute atomic E-state index is 13.5. The number of anilines is 1. The molecular weight excluding hydrogens is 458 g/mol. The largest absolute Gasteiger partial charge is 0.392 e. The number of aliphatic imine (C=N–C) groups is 1. The first kappa shape index (κ1) is 26.1. The number of piperazine rings is 1. The molecule has 3 atom stereocenters. The van der Waals surface area contributed by atoms with Crippen LogP contribution < -0.4 is 10.2 Å². The molecule has 2 N–H and O–H groups in total. The highest BCUT2D eigenvalue weighted by Gasteiger charge is 2.38. The summed E-state index contributed by atoms with van der Waals surface area (Å²) in [6.45, 7) is 5.96. The van der Waals surface area contributed by atoms with Crippen molar-refractivity contribution in [2.24, 2.45) is 16.8 Å². The van der Waals surface area contributed by atoms with Gasteiger partial charge in [-0.1, -0.05) is 44.7 Å². The number of carbonyl (C=O) groups is 3. The number of unbranched alkanes of at least 4 members (excludes halogenated alkanes) is 1. The third-order valence-electron chi connectivity index (χ3n) is 7.56. The Morgan fingerprint density at radius 1 is 1.17 bits per heavy atom. The van der Waals surface area contributed by atoms with Gasteiger partial charge in [0.25, 0.3) is 5.91 Å². The number of likely N-dealkylation sites (N-methyl/N-ethyl adjacent to an activating group) is 1. The van der Waals surface area contributed by atoms with Gasteiger partial charge in [0.2, 0.25) is 18.0 Å². The number of para-hydroxylation sites is 1. The summed E-state index contributed by atoms with van der Waals surface area (Å²) in [6, 6.07) is 7.60. The van der Waals surface area contributed by atoms with Crippen LogP contribution in [-0.2, 0) is 14.4 Å². The molecule has 1 aliphatic carbocycles. The molecule has 3 aliphatic rings. The summed E-state index contributed by atoms with van der Waals surface area (Å²) in [7, 11) is 1.70. The zero-order valence-corrected chi connectivity index (χ0v) is 21.7.